The molecule has 1 aromatic rings. The number of thiocarbonyl (C=S) groups is 1. The number of carbonyl (C=O) groups excluding carboxylic acids is 1. The molecule has 0 heterocycles. The van der Waals surface area contributed by atoms with E-state index in [1.165, 1.54) is 0 Å². The predicted molar refractivity (Wildman–Crippen MR) is 88.3 cm³/mol. The van der Waals surface area contributed by atoms with Gasteiger partial charge in [-0.1, -0.05) is 25.2 Å². The summed E-state index contributed by atoms with van der Waals surface area (Å²) in [5.41, 5.74) is 8.69. The van der Waals surface area contributed by atoms with Gasteiger partial charge in [-0.2, -0.15) is 0 Å². The summed E-state index contributed by atoms with van der Waals surface area (Å²) in [4.78, 5) is 16.0. The maximum absolute atomic E-state index is 12.0. The lowest BCUT2D eigenvalue weighted by Gasteiger charge is -2.27. The molecule has 0 bridgehead atoms. The van der Waals surface area contributed by atoms with Gasteiger partial charge in [-0.25, -0.2) is 0 Å². The molecule has 1 rings (SSSR count). The molecule has 2 N–H and O–H groups in total. The van der Waals surface area contributed by atoms with Gasteiger partial charge in [0, 0.05) is 31.9 Å². The fourth-order valence-corrected chi connectivity index (χ4v) is 2.14. The molecule has 110 valence electrons. The summed E-state index contributed by atoms with van der Waals surface area (Å²) in [6.45, 7) is 5.23. The number of hydrogen-bond donors (Lipinski definition) is 1. The summed E-state index contributed by atoms with van der Waals surface area (Å²) in [5, 5.41) is 0. The van der Waals surface area contributed by atoms with Crippen molar-refractivity contribution in [3.63, 3.8) is 0 Å². The molecule has 0 aromatic heterocycles. The van der Waals surface area contributed by atoms with E-state index in [0.717, 1.165) is 29.8 Å². The van der Waals surface area contributed by atoms with Gasteiger partial charge in [-0.05, 0) is 31.0 Å². The third-order valence-electron chi connectivity index (χ3n) is 3.08. The largest absolute Gasteiger partial charge is 0.389 e. The van der Waals surface area contributed by atoms with Gasteiger partial charge in [-0.15, -0.1) is 0 Å². The predicted octanol–water partition coefficient (Wildman–Crippen LogP) is 1.93. The fourth-order valence-electron chi connectivity index (χ4n) is 1.97. The van der Waals surface area contributed by atoms with Crippen LogP contribution in [0.15, 0.2) is 18.2 Å². The van der Waals surface area contributed by atoms with Crippen LogP contribution in [0.4, 0.5) is 5.69 Å². The summed E-state index contributed by atoms with van der Waals surface area (Å²) >= 11 is 5.12. The minimum Gasteiger partial charge on any atom is -0.389 e. The molecular formula is C15H23N3OS. The van der Waals surface area contributed by atoms with Crippen LogP contribution in [-0.2, 0) is 4.79 Å². The Morgan fingerprint density at radius 1 is 1.35 bits per heavy atom. The molecule has 0 aliphatic rings. The molecule has 0 spiro atoms. The van der Waals surface area contributed by atoms with Crippen molar-refractivity contribution < 1.29 is 4.79 Å². The molecule has 1 aromatic carbocycles. The first-order chi connectivity index (χ1) is 9.36. The molecular weight excluding hydrogens is 270 g/mol. The Bertz CT molecular complexity index is 500. The molecule has 0 fully saturated rings. The maximum Gasteiger partial charge on any atom is 0.241 e. The van der Waals surface area contributed by atoms with Crippen molar-refractivity contribution >= 4 is 28.8 Å². The van der Waals surface area contributed by atoms with Crippen molar-refractivity contribution in [1.82, 2.24) is 4.90 Å². The van der Waals surface area contributed by atoms with E-state index in [9.17, 15) is 4.79 Å². The smallest absolute Gasteiger partial charge is 0.241 e. The average Bonchev–Trinajstić information content (AvgIpc) is 2.37. The second-order valence-corrected chi connectivity index (χ2v) is 5.53. The van der Waals surface area contributed by atoms with Gasteiger partial charge in [0.05, 0.1) is 6.54 Å². The van der Waals surface area contributed by atoms with Gasteiger partial charge in [0.15, 0.2) is 0 Å². The van der Waals surface area contributed by atoms with Crippen molar-refractivity contribution in [1.29, 1.82) is 0 Å². The number of amides is 1. The molecule has 0 saturated heterocycles. The first kappa shape index (κ1) is 16.4. The molecule has 0 saturated carbocycles. The Morgan fingerprint density at radius 3 is 2.50 bits per heavy atom. The average molecular weight is 293 g/mol. The second kappa shape index (κ2) is 7.24. The molecule has 1 amide bonds. The van der Waals surface area contributed by atoms with E-state index in [1.807, 2.05) is 30.0 Å². The Labute approximate surface area is 126 Å². The summed E-state index contributed by atoms with van der Waals surface area (Å²) in [6, 6.07) is 5.94. The number of hydrogen-bond acceptors (Lipinski definition) is 3. The number of carbonyl (C=O) groups is 1. The Balaban J connectivity index is 3.16. The molecule has 5 heteroatoms. The molecule has 20 heavy (non-hydrogen) atoms. The third kappa shape index (κ3) is 4.20. The van der Waals surface area contributed by atoms with E-state index >= 15 is 0 Å². The fraction of sp³-hybridized carbons (Fsp3) is 0.467. The van der Waals surface area contributed by atoms with Gasteiger partial charge in [0.2, 0.25) is 5.91 Å². The summed E-state index contributed by atoms with van der Waals surface area (Å²) in [7, 11) is 3.52. The van der Waals surface area contributed by atoms with Gasteiger partial charge in [0.1, 0.15) is 4.99 Å². The van der Waals surface area contributed by atoms with Crippen molar-refractivity contribution in [2.24, 2.45) is 5.73 Å². The minimum absolute atomic E-state index is 0.0637. The van der Waals surface area contributed by atoms with Crippen LogP contribution >= 0.6 is 12.2 Å². The van der Waals surface area contributed by atoms with Crippen molar-refractivity contribution in [2.45, 2.75) is 20.3 Å². The summed E-state index contributed by atoms with van der Waals surface area (Å²) in [5.74, 6) is 0.0637. The van der Waals surface area contributed by atoms with Gasteiger partial charge in [0.25, 0.3) is 0 Å². The highest BCUT2D eigenvalue weighted by Gasteiger charge is 2.16. The first-order valence-corrected chi connectivity index (χ1v) is 7.13. The summed E-state index contributed by atoms with van der Waals surface area (Å²) in [6.07, 6.45) is 0.950. The lowest BCUT2D eigenvalue weighted by molar-refractivity contribution is -0.127. The van der Waals surface area contributed by atoms with Crippen molar-refractivity contribution in [3.8, 4) is 0 Å². The van der Waals surface area contributed by atoms with E-state index in [2.05, 4.69) is 6.92 Å². The molecule has 0 aliphatic heterocycles. The quantitative estimate of drug-likeness (QED) is 0.814. The number of rotatable bonds is 6. The standard InChI is InChI=1S/C15H23N3OS/c1-5-8-18(10-14(19)17(3)4)13-9-11(2)6-7-12(13)15(16)20/h6-7,9H,5,8,10H2,1-4H3,(H2,16,20). The highest BCUT2D eigenvalue weighted by molar-refractivity contribution is 7.80. The Kier molecular flexibility index (Phi) is 5.95. The maximum atomic E-state index is 12.0. The Hall–Kier alpha value is -1.62. The van der Waals surface area contributed by atoms with Crippen LogP contribution in [0.1, 0.15) is 24.5 Å². The molecule has 0 unspecified atom stereocenters. The van der Waals surface area contributed by atoms with Gasteiger partial charge < -0.3 is 15.5 Å². The molecule has 4 nitrogen and oxygen atoms in total. The van der Waals surface area contributed by atoms with Crippen LogP contribution < -0.4 is 10.6 Å². The number of benzene rings is 1. The van der Waals surface area contributed by atoms with Crippen molar-refractivity contribution in [2.75, 3.05) is 32.1 Å². The zero-order chi connectivity index (χ0) is 15.3. The Morgan fingerprint density at radius 2 is 2.00 bits per heavy atom. The highest BCUT2D eigenvalue weighted by atomic mass is 32.1. The van der Waals surface area contributed by atoms with Crippen LogP contribution in [0.5, 0.6) is 0 Å². The van der Waals surface area contributed by atoms with Crippen molar-refractivity contribution in [3.05, 3.63) is 29.3 Å². The monoisotopic (exact) mass is 293 g/mol. The lowest BCUT2D eigenvalue weighted by atomic mass is 10.1. The van der Waals surface area contributed by atoms with Crippen LogP contribution in [-0.4, -0.2) is 43.0 Å². The lowest BCUT2D eigenvalue weighted by Crippen LogP contribution is -2.38. The number of anilines is 1. The normalized spacial score (nSPS) is 10.2. The SMILES string of the molecule is CCCN(CC(=O)N(C)C)c1cc(C)ccc1C(N)=S. The summed E-state index contributed by atoms with van der Waals surface area (Å²) < 4.78 is 0. The number of aryl methyl sites for hydroxylation is 1. The van der Waals surface area contributed by atoms with Crippen LogP contribution in [0.25, 0.3) is 0 Å². The van der Waals surface area contributed by atoms with Crippen LogP contribution in [0, 0.1) is 6.92 Å². The highest BCUT2D eigenvalue weighted by Crippen LogP contribution is 2.23. The molecule has 0 radical (unpaired) electrons. The van der Waals surface area contributed by atoms with Crippen LogP contribution in [0.3, 0.4) is 0 Å². The van der Waals surface area contributed by atoms with E-state index < -0.39 is 0 Å². The number of nitrogens with zero attached hydrogens (tertiary/aromatic N) is 2. The zero-order valence-electron chi connectivity index (χ0n) is 12.6. The topological polar surface area (TPSA) is 49.6 Å². The van der Waals surface area contributed by atoms with E-state index in [-0.39, 0.29) is 5.91 Å². The van der Waals surface area contributed by atoms with Gasteiger partial charge in [-0.3, -0.25) is 4.79 Å². The van der Waals surface area contributed by atoms with E-state index in [0.29, 0.717) is 11.5 Å². The second-order valence-electron chi connectivity index (χ2n) is 5.09. The zero-order valence-corrected chi connectivity index (χ0v) is 13.5. The van der Waals surface area contributed by atoms with E-state index in [1.54, 1.807) is 19.0 Å². The molecule has 0 atom stereocenters. The van der Waals surface area contributed by atoms with Gasteiger partial charge >= 0.3 is 0 Å². The number of likely N-dealkylation sites (N-methyl/N-ethyl adjacent to an activating group) is 1. The van der Waals surface area contributed by atoms with E-state index in [4.69, 9.17) is 18.0 Å². The number of nitrogens with two attached hydrogens (primary N) is 1. The minimum atomic E-state index is 0.0637. The third-order valence-corrected chi connectivity index (χ3v) is 3.30. The van der Waals surface area contributed by atoms with Crippen LogP contribution in [0.2, 0.25) is 0 Å². The molecule has 0 aliphatic carbocycles. The first-order valence-electron chi connectivity index (χ1n) is 6.72.